The van der Waals surface area contributed by atoms with Crippen LogP contribution in [0.3, 0.4) is 0 Å². The average molecular weight is 342 g/mol. The number of likely N-dealkylation sites (tertiary alicyclic amines) is 1. The highest BCUT2D eigenvalue weighted by Gasteiger charge is 2.38. The van der Waals surface area contributed by atoms with E-state index in [0.29, 0.717) is 12.1 Å². The minimum Gasteiger partial charge on any atom is -0.505 e. The molecule has 0 aliphatic carbocycles. The third kappa shape index (κ3) is 3.33. The maximum Gasteiger partial charge on any atom is 0.295 e. The molecule has 0 spiro atoms. The van der Waals surface area contributed by atoms with Crippen LogP contribution >= 0.6 is 0 Å². The smallest absolute Gasteiger partial charge is 0.295 e. The number of nitrogens with zero attached hydrogens (tertiary/aromatic N) is 1. The highest BCUT2D eigenvalue weighted by atomic mass is 19.1. The Hall–Kier alpha value is -2.89. The molecule has 6 heteroatoms. The number of ketones is 1. The fourth-order valence-electron chi connectivity index (χ4n) is 2.84. The van der Waals surface area contributed by atoms with E-state index in [1.165, 1.54) is 17.0 Å². The number of aliphatic hydroxyl groups is 1. The summed E-state index contributed by atoms with van der Waals surface area (Å²) in [6.45, 7) is 3.74. The Bertz CT molecular complexity index is 850. The molecular weight excluding hydrogens is 323 g/mol. The van der Waals surface area contributed by atoms with Gasteiger partial charge in [-0.3, -0.25) is 9.59 Å². The van der Waals surface area contributed by atoms with Gasteiger partial charge in [0.05, 0.1) is 17.8 Å². The summed E-state index contributed by atoms with van der Waals surface area (Å²) in [5.41, 5.74) is 2.22. The third-order valence-electron chi connectivity index (χ3n) is 4.28. The van der Waals surface area contributed by atoms with E-state index in [4.69, 9.17) is 0 Å². The molecule has 2 heterocycles. The molecule has 5 nitrogen and oxygen atoms in total. The second-order valence-electron chi connectivity index (χ2n) is 6.38. The first-order chi connectivity index (χ1) is 11.9. The molecule has 1 aliphatic rings. The molecular formula is C19H19FN2O3. The predicted octanol–water partition coefficient (Wildman–Crippen LogP) is 2.83. The maximum atomic E-state index is 13.0. The van der Waals surface area contributed by atoms with E-state index in [0.717, 1.165) is 11.3 Å². The Balaban J connectivity index is 1.83. The Labute approximate surface area is 144 Å². The van der Waals surface area contributed by atoms with Crippen LogP contribution < -0.4 is 0 Å². The van der Waals surface area contributed by atoms with E-state index in [1.54, 1.807) is 24.3 Å². The van der Waals surface area contributed by atoms with Gasteiger partial charge in [-0.15, -0.1) is 0 Å². The first-order valence-corrected chi connectivity index (χ1v) is 8.07. The second kappa shape index (κ2) is 6.55. The van der Waals surface area contributed by atoms with E-state index in [2.05, 4.69) is 4.98 Å². The summed E-state index contributed by atoms with van der Waals surface area (Å²) in [6, 6.07) is 9.50. The zero-order chi connectivity index (χ0) is 18.1. The van der Waals surface area contributed by atoms with Crippen LogP contribution in [0.4, 0.5) is 4.39 Å². The number of aromatic nitrogens is 1. The fraction of sp³-hybridized carbons (Fsp3) is 0.263. The monoisotopic (exact) mass is 342 g/mol. The van der Waals surface area contributed by atoms with Gasteiger partial charge in [-0.2, -0.15) is 0 Å². The number of benzene rings is 1. The molecule has 0 radical (unpaired) electrons. The Morgan fingerprint density at radius 2 is 1.88 bits per heavy atom. The van der Waals surface area contributed by atoms with Gasteiger partial charge < -0.3 is 15.0 Å². The van der Waals surface area contributed by atoms with Crippen molar-refractivity contribution >= 4 is 17.4 Å². The van der Waals surface area contributed by atoms with E-state index < -0.39 is 11.7 Å². The van der Waals surface area contributed by atoms with Crippen LogP contribution in [0.15, 0.2) is 42.0 Å². The summed E-state index contributed by atoms with van der Waals surface area (Å²) in [5.74, 6) is -1.75. The molecule has 0 atom stereocenters. The van der Waals surface area contributed by atoms with Crippen molar-refractivity contribution in [3.63, 3.8) is 0 Å². The molecule has 3 rings (SSSR count). The van der Waals surface area contributed by atoms with Gasteiger partial charge in [-0.25, -0.2) is 4.39 Å². The average Bonchev–Trinajstić information content (AvgIpc) is 3.15. The third-order valence-corrected chi connectivity index (χ3v) is 4.28. The lowest BCUT2D eigenvalue weighted by atomic mass is 10.1. The van der Waals surface area contributed by atoms with Crippen LogP contribution in [0, 0.1) is 5.82 Å². The van der Waals surface area contributed by atoms with Crippen LogP contribution in [0.25, 0.3) is 5.76 Å². The summed E-state index contributed by atoms with van der Waals surface area (Å²) >= 11 is 0. The van der Waals surface area contributed by atoms with Gasteiger partial charge in [0, 0.05) is 18.2 Å². The Kier molecular flexibility index (Phi) is 4.44. The number of Topliss-reactive ketones (excluding diaryl/α,β-unsaturated/α-hetero) is 1. The van der Waals surface area contributed by atoms with E-state index in [9.17, 15) is 19.1 Å². The van der Waals surface area contributed by atoms with Gasteiger partial charge in [0.15, 0.2) is 0 Å². The minimum absolute atomic E-state index is 0.105. The lowest BCUT2D eigenvalue weighted by Crippen LogP contribution is -2.33. The van der Waals surface area contributed by atoms with Gasteiger partial charge in [-0.1, -0.05) is 12.1 Å². The van der Waals surface area contributed by atoms with Crippen molar-refractivity contribution in [1.29, 1.82) is 0 Å². The number of halogens is 1. The van der Waals surface area contributed by atoms with Crippen molar-refractivity contribution in [1.82, 2.24) is 9.88 Å². The molecule has 2 aromatic rings. The van der Waals surface area contributed by atoms with E-state index >= 15 is 0 Å². The van der Waals surface area contributed by atoms with Crippen LogP contribution in [0.1, 0.15) is 30.8 Å². The summed E-state index contributed by atoms with van der Waals surface area (Å²) in [5, 5.41) is 10.4. The molecule has 25 heavy (non-hydrogen) atoms. The number of nitrogens with one attached hydrogen (secondary N) is 1. The molecule has 130 valence electrons. The first-order valence-electron chi connectivity index (χ1n) is 8.07. The normalized spacial score (nSPS) is 16.9. The minimum atomic E-state index is -0.666. The summed E-state index contributed by atoms with van der Waals surface area (Å²) in [6.07, 6.45) is 0.536. The molecule has 0 unspecified atom stereocenters. The highest BCUT2D eigenvalue weighted by molar-refractivity contribution is 6.46. The molecule has 1 aliphatic heterocycles. The molecule has 0 bridgehead atoms. The number of carbonyl (C=O) groups is 2. The van der Waals surface area contributed by atoms with Crippen LogP contribution in [0.5, 0.6) is 0 Å². The van der Waals surface area contributed by atoms with Gasteiger partial charge in [0.2, 0.25) is 0 Å². The largest absolute Gasteiger partial charge is 0.505 e. The summed E-state index contributed by atoms with van der Waals surface area (Å²) in [7, 11) is 0. The SMILES string of the molecule is CC(C)N1C/C(=C(/O)c2ccc(Cc3ccc(F)cc3)[nH]2)C(=O)C1=O. The number of hydrogen-bond donors (Lipinski definition) is 2. The number of hydrogen-bond acceptors (Lipinski definition) is 3. The van der Waals surface area contributed by atoms with Crippen molar-refractivity contribution < 1.29 is 19.1 Å². The molecule has 0 saturated carbocycles. The number of aliphatic hydroxyl groups excluding tert-OH is 1. The first kappa shape index (κ1) is 17.0. The van der Waals surface area contributed by atoms with Crippen molar-refractivity contribution in [3.8, 4) is 0 Å². The van der Waals surface area contributed by atoms with Gasteiger partial charge in [0.1, 0.15) is 11.6 Å². The molecule has 2 N–H and O–H groups in total. The van der Waals surface area contributed by atoms with Crippen molar-refractivity contribution in [2.24, 2.45) is 0 Å². The standard InChI is InChI=1S/C19H19FN2O3/c1-11(2)22-10-15(18(24)19(22)25)17(23)16-8-7-14(21-16)9-12-3-5-13(20)6-4-12/h3-8,11,21,23H,9-10H2,1-2H3/b17-15-. The molecule has 1 aromatic carbocycles. The van der Waals surface area contributed by atoms with Crippen LogP contribution in [0.2, 0.25) is 0 Å². The van der Waals surface area contributed by atoms with Crippen molar-refractivity contribution in [2.45, 2.75) is 26.3 Å². The lowest BCUT2D eigenvalue weighted by Gasteiger charge is -2.18. The summed E-state index contributed by atoms with van der Waals surface area (Å²) in [4.78, 5) is 28.5. The number of aromatic amines is 1. The van der Waals surface area contributed by atoms with Gasteiger partial charge in [-0.05, 0) is 43.7 Å². The molecule has 1 aromatic heterocycles. The number of H-pyrrole nitrogens is 1. The van der Waals surface area contributed by atoms with Gasteiger partial charge >= 0.3 is 0 Å². The summed E-state index contributed by atoms with van der Waals surface area (Å²) < 4.78 is 13.0. The molecule has 1 saturated heterocycles. The quantitative estimate of drug-likeness (QED) is 0.510. The number of rotatable bonds is 4. The zero-order valence-corrected chi connectivity index (χ0v) is 14.0. The van der Waals surface area contributed by atoms with E-state index in [1.807, 2.05) is 13.8 Å². The molecule has 1 amide bonds. The van der Waals surface area contributed by atoms with Crippen LogP contribution in [-0.4, -0.2) is 39.3 Å². The fourth-order valence-corrected chi connectivity index (χ4v) is 2.84. The highest BCUT2D eigenvalue weighted by Crippen LogP contribution is 2.24. The Morgan fingerprint density at radius 1 is 1.20 bits per heavy atom. The van der Waals surface area contributed by atoms with Gasteiger partial charge in [0.25, 0.3) is 11.7 Å². The van der Waals surface area contributed by atoms with Crippen molar-refractivity contribution in [2.75, 3.05) is 6.54 Å². The lowest BCUT2D eigenvalue weighted by molar-refractivity contribution is -0.140. The van der Waals surface area contributed by atoms with Crippen LogP contribution in [-0.2, 0) is 16.0 Å². The zero-order valence-electron chi connectivity index (χ0n) is 14.0. The Morgan fingerprint density at radius 3 is 2.48 bits per heavy atom. The van der Waals surface area contributed by atoms with Crippen molar-refractivity contribution in [3.05, 3.63) is 64.7 Å². The number of carbonyl (C=O) groups excluding carboxylic acids is 2. The number of amides is 1. The van der Waals surface area contributed by atoms with E-state index in [-0.39, 0.29) is 29.7 Å². The maximum absolute atomic E-state index is 13.0. The molecule has 1 fully saturated rings. The topological polar surface area (TPSA) is 73.4 Å². The second-order valence-corrected chi connectivity index (χ2v) is 6.38. The predicted molar refractivity (Wildman–Crippen MR) is 91.4 cm³/mol.